The Bertz CT molecular complexity index is 836. The van der Waals surface area contributed by atoms with E-state index in [1.807, 2.05) is 0 Å². The SMILES string of the molecule is CCCCS(=O)CCCCCCCCCCC(C)(O)C(=O)Nc1ccc(C#N)c(C(F)(F)F)c1. The third-order valence-corrected chi connectivity index (χ3v) is 7.19. The van der Waals surface area contributed by atoms with Gasteiger partial charge in [-0.3, -0.25) is 9.00 Å². The molecule has 0 aromatic heterocycles. The zero-order chi connectivity index (χ0) is 25.6. The van der Waals surface area contributed by atoms with Crippen LogP contribution in [-0.2, 0) is 21.8 Å². The number of carbonyl (C=O) groups is 1. The van der Waals surface area contributed by atoms with E-state index in [4.69, 9.17) is 5.26 Å². The van der Waals surface area contributed by atoms with Crippen LogP contribution in [0.3, 0.4) is 0 Å². The van der Waals surface area contributed by atoms with Crippen LogP contribution in [0.5, 0.6) is 0 Å². The monoisotopic (exact) mass is 502 g/mol. The molecular formula is C25H37F3N2O3S. The van der Waals surface area contributed by atoms with Gasteiger partial charge in [-0.1, -0.05) is 58.3 Å². The molecule has 1 aromatic rings. The van der Waals surface area contributed by atoms with Gasteiger partial charge in [0.1, 0.15) is 5.60 Å². The van der Waals surface area contributed by atoms with Gasteiger partial charge < -0.3 is 10.4 Å². The summed E-state index contributed by atoms with van der Waals surface area (Å²) in [4.78, 5) is 12.4. The maximum atomic E-state index is 13.1. The van der Waals surface area contributed by atoms with Gasteiger partial charge >= 0.3 is 6.18 Å². The Hall–Kier alpha value is -1.92. The lowest BCUT2D eigenvalue weighted by atomic mass is 9.96. The largest absolute Gasteiger partial charge is 0.417 e. The van der Waals surface area contributed by atoms with Crippen molar-refractivity contribution >= 4 is 22.4 Å². The number of benzene rings is 1. The van der Waals surface area contributed by atoms with Gasteiger partial charge in [-0.15, -0.1) is 0 Å². The van der Waals surface area contributed by atoms with Crippen LogP contribution in [0.2, 0.25) is 0 Å². The molecule has 2 unspecified atom stereocenters. The summed E-state index contributed by atoms with van der Waals surface area (Å²) in [5.41, 5.74) is -3.48. The van der Waals surface area contributed by atoms with Crippen LogP contribution >= 0.6 is 0 Å². The van der Waals surface area contributed by atoms with E-state index in [0.29, 0.717) is 12.5 Å². The van der Waals surface area contributed by atoms with E-state index in [1.165, 1.54) is 19.1 Å². The van der Waals surface area contributed by atoms with Gasteiger partial charge in [-0.25, -0.2) is 0 Å². The minimum atomic E-state index is -4.72. The highest BCUT2D eigenvalue weighted by atomic mass is 32.2. The van der Waals surface area contributed by atoms with E-state index in [1.54, 1.807) is 0 Å². The topological polar surface area (TPSA) is 90.2 Å². The molecule has 0 aliphatic heterocycles. The van der Waals surface area contributed by atoms with Gasteiger partial charge in [0, 0.05) is 28.0 Å². The number of hydrogen-bond donors (Lipinski definition) is 2. The van der Waals surface area contributed by atoms with Gasteiger partial charge in [0.2, 0.25) is 0 Å². The molecule has 0 aliphatic rings. The molecule has 0 bridgehead atoms. The predicted molar refractivity (Wildman–Crippen MR) is 130 cm³/mol. The quantitative estimate of drug-likeness (QED) is 0.259. The van der Waals surface area contributed by atoms with Crippen LogP contribution in [-0.4, -0.2) is 32.3 Å². The van der Waals surface area contributed by atoms with E-state index in [0.717, 1.165) is 75.4 Å². The van der Waals surface area contributed by atoms with Crippen LogP contribution < -0.4 is 5.32 Å². The molecule has 34 heavy (non-hydrogen) atoms. The Balaban J connectivity index is 2.29. The van der Waals surface area contributed by atoms with Gasteiger partial charge in [0.15, 0.2) is 0 Å². The summed E-state index contributed by atoms with van der Waals surface area (Å²) in [5, 5.41) is 21.6. The van der Waals surface area contributed by atoms with E-state index in [9.17, 15) is 27.3 Å². The first-order valence-corrected chi connectivity index (χ1v) is 13.5. The maximum Gasteiger partial charge on any atom is 0.417 e. The molecule has 192 valence electrons. The second kappa shape index (κ2) is 15.2. The highest BCUT2D eigenvalue weighted by molar-refractivity contribution is 7.84. The first-order valence-electron chi connectivity index (χ1n) is 12.0. The number of nitriles is 1. The number of unbranched alkanes of at least 4 members (excludes halogenated alkanes) is 8. The highest BCUT2D eigenvalue weighted by Crippen LogP contribution is 2.33. The molecule has 1 amide bonds. The minimum absolute atomic E-state index is 0.120. The van der Waals surface area contributed by atoms with Gasteiger partial charge in [-0.05, 0) is 44.4 Å². The van der Waals surface area contributed by atoms with Crippen molar-refractivity contribution in [3.8, 4) is 6.07 Å². The molecule has 9 heteroatoms. The normalized spacial score (nSPS) is 14.3. The Morgan fingerprint density at radius 3 is 2.15 bits per heavy atom. The Labute approximate surface area is 203 Å². The molecule has 0 fully saturated rings. The summed E-state index contributed by atoms with van der Waals surface area (Å²) in [6.07, 6.45) is 5.36. The van der Waals surface area contributed by atoms with Crippen molar-refractivity contribution in [1.82, 2.24) is 0 Å². The summed E-state index contributed by atoms with van der Waals surface area (Å²) >= 11 is 0. The predicted octanol–water partition coefficient (Wildman–Crippen LogP) is 6.33. The second-order valence-electron chi connectivity index (χ2n) is 8.88. The van der Waals surface area contributed by atoms with E-state index in [-0.39, 0.29) is 12.1 Å². The number of rotatable bonds is 16. The smallest absolute Gasteiger partial charge is 0.380 e. The lowest BCUT2D eigenvalue weighted by Crippen LogP contribution is -2.40. The van der Waals surface area contributed by atoms with Crippen LogP contribution in [0.4, 0.5) is 18.9 Å². The van der Waals surface area contributed by atoms with E-state index >= 15 is 0 Å². The molecule has 2 N–H and O–H groups in total. The molecule has 0 heterocycles. The first kappa shape index (κ1) is 30.1. The van der Waals surface area contributed by atoms with Crippen LogP contribution in [0, 0.1) is 11.3 Å². The molecule has 0 saturated heterocycles. The fourth-order valence-corrected chi connectivity index (χ4v) is 4.87. The fraction of sp³-hybridized carbons (Fsp3) is 0.680. The lowest BCUT2D eigenvalue weighted by Gasteiger charge is -2.22. The van der Waals surface area contributed by atoms with Crippen LogP contribution in [0.1, 0.15) is 95.6 Å². The van der Waals surface area contributed by atoms with Crippen molar-refractivity contribution in [3.63, 3.8) is 0 Å². The van der Waals surface area contributed by atoms with Crippen molar-refractivity contribution < 1.29 is 27.3 Å². The Morgan fingerprint density at radius 2 is 1.59 bits per heavy atom. The zero-order valence-electron chi connectivity index (χ0n) is 20.2. The average molecular weight is 503 g/mol. The van der Waals surface area contributed by atoms with Crippen LogP contribution in [0.15, 0.2) is 18.2 Å². The van der Waals surface area contributed by atoms with Crippen molar-refractivity contribution in [3.05, 3.63) is 29.3 Å². The number of halogens is 3. The maximum absolute atomic E-state index is 13.1. The zero-order valence-corrected chi connectivity index (χ0v) is 21.0. The average Bonchev–Trinajstić information content (AvgIpc) is 2.78. The van der Waals surface area contributed by atoms with E-state index < -0.39 is 39.6 Å². The molecule has 1 rings (SSSR count). The molecule has 0 radical (unpaired) electrons. The molecule has 0 saturated carbocycles. The summed E-state index contributed by atoms with van der Waals surface area (Å²) in [6.45, 7) is 3.45. The van der Waals surface area contributed by atoms with Gasteiger partial charge in [-0.2, -0.15) is 18.4 Å². The van der Waals surface area contributed by atoms with E-state index in [2.05, 4.69) is 12.2 Å². The number of carbonyl (C=O) groups excluding carboxylic acids is 1. The minimum Gasteiger partial charge on any atom is -0.380 e. The van der Waals surface area contributed by atoms with Crippen molar-refractivity contribution in [2.45, 2.75) is 96.3 Å². The molecule has 0 spiro atoms. The standard InChI is InChI=1S/C25H37F3N2O3S/c1-3-4-16-34(33)17-12-10-8-6-5-7-9-11-15-24(2,32)23(31)30-21-14-13-20(19-29)22(18-21)25(26,27)28/h13-14,18,32H,3-12,15-17H2,1-2H3,(H,30,31). The number of hydrogen-bond acceptors (Lipinski definition) is 4. The summed E-state index contributed by atoms with van der Waals surface area (Å²) in [5.74, 6) is 0.818. The summed E-state index contributed by atoms with van der Waals surface area (Å²) in [6, 6.07) is 4.40. The molecule has 1 aromatic carbocycles. The number of amides is 1. The molecule has 0 aliphatic carbocycles. The lowest BCUT2D eigenvalue weighted by molar-refractivity contribution is -0.138. The molecular weight excluding hydrogens is 465 g/mol. The Morgan fingerprint density at radius 1 is 1.03 bits per heavy atom. The number of anilines is 1. The third kappa shape index (κ3) is 11.5. The summed E-state index contributed by atoms with van der Waals surface area (Å²) < 4.78 is 51.0. The number of alkyl halides is 3. The van der Waals surface area contributed by atoms with Crippen molar-refractivity contribution in [1.29, 1.82) is 5.26 Å². The highest BCUT2D eigenvalue weighted by Gasteiger charge is 2.35. The second-order valence-corrected chi connectivity index (χ2v) is 10.6. The van der Waals surface area contributed by atoms with Crippen LogP contribution in [0.25, 0.3) is 0 Å². The Kier molecular flexibility index (Phi) is 13.4. The van der Waals surface area contributed by atoms with Crippen molar-refractivity contribution in [2.75, 3.05) is 16.8 Å². The number of nitrogens with zero attached hydrogens (tertiary/aromatic N) is 1. The number of aliphatic hydroxyl groups is 1. The molecule has 2 atom stereocenters. The van der Waals surface area contributed by atoms with Gasteiger partial charge in [0.05, 0.1) is 17.2 Å². The molecule has 5 nitrogen and oxygen atoms in total. The number of nitrogens with one attached hydrogen (secondary N) is 1. The first-order chi connectivity index (χ1) is 16.0. The fourth-order valence-electron chi connectivity index (χ4n) is 3.53. The third-order valence-electron chi connectivity index (χ3n) is 5.70. The van der Waals surface area contributed by atoms with Gasteiger partial charge in [0.25, 0.3) is 5.91 Å². The summed E-state index contributed by atoms with van der Waals surface area (Å²) in [7, 11) is -0.683. The van der Waals surface area contributed by atoms with Crippen molar-refractivity contribution in [2.24, 2.45) is 0 Å².